The number of carbonyl (C=O) groups excluding carboxylic acids is 1. The highest BCUT2D eigenvalue weighted by molar-refractivity contribution is 5.96. The van der Waals surface area contributed by atoms with Gasteiger partial charge in [0, 0.05) is 41.1 Å². The van der Waals surface area contributed by atoms with Gasteiger partial charge in [-0.05, 0) is 84.0 Å². The molecule has 38 heavy (non-hydrogen) atoms. The molecule has 1 aromatic heterocycles. The van der Waals surface area contributed by atoms with Crippen LogP contribution in [-0.4, -0.2) is 29.1 Å². The van der Waals surface area contributed by atoms with Gasteiger partial charge in [0.05, 0.1) is 6.04 Å². The van der Waals surface area contributed by atoms with Crippen molar-refractivity contribution < 1.29 is 14.3 Å². The number of anilines is 1. The predicted molar refractivity (Wildman–Crippen MR) is 149 cm³/mol. The molecule has 1 unspecified atom stereocenters. The second-order valence-corrected chi connectivity index (χ2v) is 9.74. The maximum absolute atomic E-state index is 14.2. The Hall–Kier alpha value is -4.58. The number of halogens is 1. The number of H-pyrrole nitrogens is 1. The van der Waals surface area contributed by atoms with E-state index < -0.39 is 11.9 Å². The van der Waals surface area contributed by atoms with Crippen LogP contribution in [0.3, 0.4) is 0 Å². The van der Waals surface area contributed by atoms with Crippen molar-refractivity contribution in [2.45, 2.75) is 18.9 Å². The van der Waals surface area contributed by atoms with E-state index in [4.69, 9.17) is 0 Å². The van der Waals surface area contributed by atoms with Crippen LogP contribution in [-0.2, 0) is 0 Å². The monoisotopic (exact) mass is 505 g/mol. The number of nitrogens with zero attached hydrogens (tertiary/aromatic N) is 1. The van der Waals surface area contributed by atoms with E-state index in [-0.39, 0.29) is 17.2 Å². The van der Waals surface area contributed by atoms with Gasteiger partial charge >= 0.3 is 0 Å². The van der Waals surface area contributed by atoms with E-state index in [0.29, 0.717) is 11.3 Å². The minimum Gasteiger partial charge on any atom is -0.508 e. The molecular formula is C32H28FN3O2. The third kappa shape index (κ3) is 4.73. The maximum atomic E-state index is 14.2. The molecule has 5 nitrogen and oxygen atoms in total. The highest BCUT2D eigenvalue weighted by Crippen LogP contribution is 2.32. The number of phenolic OH excluding ortho intramolecular Hbond substituents is 1. The van der Waals surface area contributed by atoms with Crippen molar-refractivity contribution in [2.75, 3.05) is 18.0 Å². The molecular weight excluding hydrogens is 477 g/mol. The van der Waals surface area contributed by atoms with Crippen LogP contribution in [0.15, 0.2) is 97.1 Å². The molecule has 0 bridgehead atoms. The normalized spacial score (nSPS) is 14.1. The van der Waals surface area contributed by atoms with Crippen molar-refractivity contribution in [1.82, 2.24) is 10.3 Å². The van der Waals surface area contributed by atoms with Gasteiger partial charge in [-0.3, -0.25) is 4.79 Å². The molecule has 0 aliphatic carbocycles. The number of aromatic amines is 1. The number of hydrogen-bond donors (Lipinski definition) is 3. The first-order valence-corrected chi connectivity index (χ1v) is 12.9. The number of fused-ring (bicyclic) bond motifs is 1. The van der Waals surface area contributed by atoms with E-state index in [9.17, 15) is 14.3 Å². The van der Waals surface area contributed by atoms with Crippen molar-refractivity contribution in [1.29, 1.82) is 0 Å². The summed E-state index contributed by atoms with van der Waals surface area (Å²) in [5.74, 6) is -0.914. The summed E-state index contributed by atoms with van der Waals surface area (Å²) >= 11 is 0. The zero-order valence-corrected chi connectivity index (χ0v) is 20.8. The lowest BCUT2D eigenvalue weighted by atomic mass is 10.00. The van der Waals surface area contributed by atoms with Crippen LogP contribution in [0.2, 0.25) is 0 Å². The van der Waals surface area contributed by atoms with Crippen molar-refractivity contribution in [2.24, 2.45) is 0 Å². The number of rotatable bonds is 6. The zero-order valence-electron chi connectivity index (χ0n) is 20.8. The van der Waals surface area contributed by atoms with Gasteiger partial charge in [0.15, 0.2) is 0 Å². The molecule has 2 heterocycles. The third-order valence-corrected chi connectivity index (χ3v) is 7.23. The Kier molecular flexibility index (Phi) is 6.30. The highest BCUT2D eigenvalue weighted by Gasteiger charge is 2.23. The van der Waals surface area contributed by atoms with Crippen molar-refractivity contribution in [3.05, 3.63) is 120 Å². The van der Waals surface area contributed by atoms with Gasteiger partial charge in [-0.25, -0.2) is 4.39 Å². The number of carbonyl (C=O) groups is 1. The molecule has 0 radical (unpaired) electrons. The van der Waals surface area contributed by atoms with Crippen LogP contribution >= 0.6 is 0 Å². The smallest absolute Gasteiger partial charge is 0.252 e. The number of hydrogen-bond acceptors (Lipinski definition) is 3. The van der Waals surface area contributed by atoms with Crippen LogP contribution in [0, 0.1) is 5.82 Å². The Morgan fingerprint density at radius 2 is 1.66 bits per heavy atom. The molecule has 1 aliphatic heterocycles. The summed E-state index contributed by atoms with van der Waals surface area (Å²) in [4.78, 5) is 19.2. The molecule has 1 aliphatic rings. The summed E-state index contributed by atoms with van der Waals surface area (Å²) in [5.41, 5.74) is 5.46. The summed E-state index contributed by atoms with van der Waals surface area (Å²) in [7, 11) is 0. The van der Waals surface area contributed by atoms with Crippen LogP contribution in [0.1, 0.15) is 40.5 Å². The minimum atomic E-state index is -0.783. The largest absolute Gasteiger partial charge is 0.508 e. The molecule has 1 saturated heterocycles. The lowest BCUT2D eigenvalue weighted by Gasteiger charge is -2.20. The Labute approximate surface area is 220 Å². The first-order chi connectivity index (χ1) is 18.5. The van der Waals surface area contributed by atoms with E-state index in [1.807, 2.05) is 48.5 Å². The third-order valence-electron chi connectivity index (χ3n) is 7.23. The Morgan fingerprint density at radius 3 is 2.45 bits per heavy atom. The summed E-state index contributed by atoms with van der Waals surface area (Å²) in [5, 5.41) is 14.6. The number of aromatic nitrogens is 1. The molecule has 1 fully saturated rings. The van der Waals surface area contributed by atoms with Crippen LogP contribution in [0.25, 0.3) is 22.0 Å². The van der Waals surface area contributed by atoms with Gasteiger partial charge in [-0.15, -0.1) is 0 Å². The average molecular weight is 506 g/mol. The second-order valence-electron chi connectivity index (χ2n) is 9.74. The molecule has 6 rings (SSSR count). The van der Waals surface area contributed by atoms with Crippen molar-refractivity contribution in [3.63, 3.8) is 0 Å². The summed E-state index contributed by atoms with van der Waals surface area (Å²) in [6, 6.07) is 28.5. The fourth-order valence-corrected chi connectivity index (χ4v) is 5.23. The first-order valence-electron chi connectivity index (χ1n) is 12.9. The molecule has 3 N–H and O–H groups in total. The SMILES string of the molecule is O=C(NC(c1cc2ccccc2[nH]1)c1cc(F)ccc1O)c1cccc(-c2ccc(N3CCCC3)cc2)c1. The molecule has 1 amide bonds. The fraction of sp³-hybridized carbons (Fsp3) is 0.156. The van der Waals surface area contributed by atoms with E-state index in [1.165, 1.54) is 36.7 Å². The lowest BCUT2D eigenvalue weighted by Crippen LogP contribution is -2.29. The maximum Gasteiger partial charge on any atom is 0.252 e. The van der Waals surface area contributed by atoms with Gasteiger partial charge in [0.1, 0.15) is 11.6 Å². The average Bonchev–Trinajstić information content (AvgIpc) is 3.64. The standard InChI is InChI=1S/C32H28FN3O2/c33-25-12-15-30(37)27(20-25)31(29-19-23-6-1-2-9-28(23)34-29)35-32(38)24-8-5-7-22(18-24)21-10-13-26(14-11-21)36-16-3-4-17-36/h1-2,5-15,18-20,31,34,37H,3-4,16-17H2,(H,35,38). The first kappa shape index (κ1) is 23.8. The number of nitrogens with one attached hydrogen (secondary N) is 2. The van der Waals surface area contributed by atoms with E-state index in [2.05, 4.69) is 39.5 Å². The zero-order chi connectivity index (χ0) is 26.1. The summed E-state index contributed by atoms with van der Waals surface area (Å²) < 4.78 is 14.2. The molecule has 1 atom stereocenters. The van der Waals surface area contributed by atoms with Crippen molar-refractivity contribution in [3.8, 4) is 16.9 Å². The van der Waals surface area contributed by atoms with Gasteiger partial charge in [-0.2, -0.15) is 0 Å². The molecule has 4 aromatic carbocycles. The van der Waals surface area contributed by atoms with E-state index in [1.54, 1.807) is 6.07 Å². The van der Waals surface area contributed by atoms with Crippen LogP contribution in [0.4, 0.5) is 10.1 Å². The number of phenols is 1. The number of para-hydroxylation sites is 1. The molecule has 0 spiro atoms. The number of amides is 1. The number of aromatic hydroxyl groups is 1. The Morgan fingerprint density at radius 1 is 0.868 bits per heavy atom. The summed E-state index contributed by atoms with van der Waals surface area (Å²) in [6.45, 7) is 2.18. The second kappa shape index (κ2) is 10.1. The molecule has 5 aromatic rings. The minimum absolute atomic E-state index is 0.0952. The van der Waals surface area contributed by atoms with E-state index >= 15 is 0 Å². The lowest BCUT2D eigenvalue weighted by molar-refractivity contribution is 0.0942. The summed E-state index contributed by atoms with van der Waals surface area (Å²) in [6.07, 6.45) is 2.46. The number of benzene rings is 4. The predicted octanol–water partition coefficient (Wildman–Crippen LogP) is 6.80. The van der Waals surface area contributed by atoms with Crippen molar-refractivity contribution >= 4 is 22.5 Å². The van der Waals surface area contributed by atoms with Gasteiger partial charge < -0.3 is 20.3 Å². The van der Waals surface area contributed by atoms with Gasteiger partial charge in [0.25, 0.3) is 5.91 Å². The van der Waals surface area contributed by atoms with Gasteiger partial charge in [-0.1, -0.05) is 42.5 Å². The van der Waals surface area contributed by atoms with E-state index in [0.717, 1.165) is 35.1 Å². The Balaban J connectivity index is 1.30. The fourth-order valence-electron chi connectivity index (χ4n) is 5.23. The quantitative estimate of drug-likeness (QED) is 0.238. The highest BCUT2D eigenvalue weighted by atomic mass is 19.1. The Bertz CT molecular complexity index is 1570. The molecule has 190 valence electrons. The molecule has 0 saturated carbocycles. The molecule has 6 heteroatoms. The van der Waals surface area contributed by atoms with Gasteiger partial charge in [0.2, 0.25) is 0 Å². The topological polar surface area (TPSA) is 68.4 Å². The van der Waals surface area contributed by atoms with Crippen LogP contribution < -0.4 is 10.2 Å². The van der Waals surface area contributed by atoms with Crippen LogP contribution in [0.5, 0.6) is 5.75 Å².